The van der Waals surface area contributed by atoms with Gasteiger partial charge in [-0.3, -0.25) is 4.79 Å². The summed E-state index contributed by atoms with van der Waals surface area (Å²) in [6.45, 7) is 4.05. The first-order valence-corrected chi connectivity index (χ1v) is 8.55. The molecule has 4 nitrogen and oxygen atoms in total. The Morgan fingerprint density at radius 1 is 1.24 bits per heavy atom. The van der Waals surface area contributed by atoms with Crippen LogP contribution < -0.4 is 10.1 Å². The number of fused-ring (bicyclic) bond motifs is 1. The number of nitrogens with zero attached hydrogens (tertiary/aromatic N) is 1. The molecule has 1 aromatic heterocycles. The Bertz CT molecular complexity index is 936. The Morgan fingerprint density at radius 3 is 2.68 bits per heavy atom. The minimum atomic E-state index is -0.153. The number of rotatable bonds is 5. The van der Waals surface area contributed by atoms with Crippen LogP contribution in [0, 0.1) is 0 Å². The molecule has 1 N–H and O–H groups in total. The van der Waals surface area contributed by atoms with Gasteiger partial charge in [-0.15, -0.1) is 6.58 Å². The lowest BCUT2D eigenvalue weighted by molar-refractivity contribution is 0.0959. The van der Waals surface area contributed by atoms with Gasteiger partial charge >= 0.3 is 0 Å². The van der Waals surface area contributed by atoms with Crippen LogP contribution in [0.3, 0.4) is 0 Å². The van der Waals surface area contributed by atoms with Gasteiger partial charge in [0.15, 0.2) is 0 Å². The summed E-state index contributed by atoms with van der Waals surface area (Å²) in [5.74, 6) is 0.623. The highest BCUT2D eigenvalue weighted by atomic mass is 79.9. The van der Waals surface area contributed by atoms with E-state index in [1.54, 1.807) is 13.2 Å². The van der Waals surface area contributed by atoms with Crippen molar-refractivity contribution < 1.29 is 9.53 Å². The summed E-state index contributed by atoms with van der Waals surface area (Å²) in [6, 6.07) is 15.1. The number of carbonyl (C=O) groups excluding carboxylic acids is 1. The third-order valence-electron chi connectivity index (χ3n) is 3.81. The molecule has 1 amide bonds. The lowest BCUT2D eigenvalue weighted by atomic mass is 10.0. The number of hydrogen-bond donors (Lipinski definition) is 1. The van der Waals surface area contributed by atoms with E-state index in [1.165, 1.54) is 0 Å². The summed E-state index contributed by atoms with van der Waals surface area (Å²) in [5.41, 5.74) is 3.00. The number of halogens is 1. The molecule has 0 unspecified atom stereocenters. The molecule has 0 saturated heterocycles. The maximum atomic E-state index is 12.6. The number of methoxy groups -OCH3 is 1. The van der Waals surface area contributed by atoms with Crippen molar-refractivity contribution in [3.8, 4) is 17.0 Å². The van der Waals surface area contributed by atoms with Gasteiger partial charge in [0, 0.05) is 22.0 Å². The Labute approximate surface area is 154 Å². The predicted octanol–water partition coefficient (Wildman–Crippen LogP) is 4.59. The zero-order valence-corrected chi connectivity index (χ0v) is 15.3. The van der Waals surface area contributed by atoms with Crippen molar-refractivity contribution in [3.05, 3.63) is 71.2 Å². The number of ether oxygens (including phenoxy) is 1. The molecule has 25 heavy (non-hydrogen) atoms. The van der Waals surface area contributed by atoms with Crippen molar-refractivity contribution in [3.63, 3.8) is 0 Å². The van der Waals surface area contributed by atoms with E-state index < -0.39 is 0 Å². The van der Waals surface area contributed by atoms with E-state index in [-0.39, 0.29) is 5.91 Å². The summed E-state index contributed by atoms with van der Waals surface area (Å²) in [6.07, 6.45) is 1.65. The van der Waals surface area contributed by atoms with Gasteiger partial charge in [-0.25, -0.2) is 4.98 Å². The second-order valence-electron chi connectivity index (χ2n) is 5.44. The van der Waals surface area contributed by atoms with Crippen molar-refractivity contribution in [1.29, 1.82) is 0 Å². The molecule has 0 atom stereocenters. The zero-order chi connectivity index (χ0) is 17.8. The van der Waals surface area contributed by atoms with Crippen molar-refractivity contribution in [2.45, 2.75) is 0 Å². The third kappa shape index (κ3) is 3.72. The summed E-state index contributed by atoms with van der Waals surface area (Å²) in [5, 5.41) is 3.64. The van der Waals surface area contributed by atoms with Gasteiger partial charge in [0.2, 0.25) is 0 Å². The maximum Gasteiger partial charge on any atom is 0.252 e. The van der Waals surface area contributed by atoms with E-state index in [1.807, 2.05) is 48.5 Å². The highest BCUT2D eigenvalue weighted by Gasteiger charge is 2.14. The number of hydrogen-bond acceptors (Lipinski definition) is 3. The molecule has 0 bridgehead atoms. The first-order chi connectivity index (χ1) is 12.1. The highest BCUT2D eigenvalue weighted by molar-refractivity contribution is 9.10. The second kappa shape index (κ2) is 7.49. The number of pyridine rings is 1. The van der Waals surface area contributed by atoms with E-state index in [9.17, 15) is 4.79 Å². The minimum absolute atomic E-state index is 0.153. The van der Waals surface area contributed by atoms with E-state index >= 15 is 0 Å². The van der Waals surface area contributed by atoms with Crippen molar-refractivity contribution >= 4 is 32.7 Å². The van der Waals surface area contributed by atoms with Crippen LogP contribution in [0.25, 0.3) is 22.2 Å². The van der Waals surface area contributed by atoms with Crippen molar-refractivity contribution in [2.75, 3.05) is 13.7 Å². The van der Waals surface area contributed by atoms with Crippen LogP contribution in [0.15, 0.2) is 65.7 Å². The van der Waals surface area contributed by atoms with Crippen LogP contribution in [-0.2, 0) is 0 Å². The highest BCUT2D eigenvalue weighted by Crippen LogP contribution is 2.28. The molecule has 0 fully saturated rings. The van der Waals surface area contributed by atoms with Gasteiger partial charge in [-0.05, 0) is 48.5 Å². The summed E-state index contributed by atoms with van der Waals surface area (Å²) in [7, 11) is 1.63. The molecule has 0 spiro atoms. The van der Waals surface area contributed by atoms with E-state index in [2.05, 4.69) is 27.8 Å². The molecule has 1 heterocycles. The normalized spacial score (nSPS) is 10.5. The lowest BCUT2D eigenvalue weighted by Gasteiger charge is -2.11. The van der Waals surface area contributed by atoms with Gasteiger partial charge in [0.1, 0.15) is 5.75 Å². The molecule has 0 saturated carbocycles. The van der Waals surface area contributed by atoms with Gasteiger partial charge in [-0.1, -0.05) is 22.0 Å². The fourth-order valence-electron chi connectivity index (χ4n) is 2.56. The van der Waals surface area contributed by atoms with E-state index in [0.717, 1.165) is 32.4 Å². The fourth-order valence-corrected chi connectivity index (χ4v) is 2.92. The molecule has 0 aliphatic rings. The fraction of sp³-hybridized carbons (Fsp3) is 0.100. The monoisotopic (exact) mass is 396 g/mol. The summed E-state index contributed by atoms with van der Waals surface area (Å²) in [4.78, 5) is 17.3. The van der Waals surface area contributed by atoms with Crippen LogP contribution in [0.1, 0.15) is 10.4 Å². The zero-order valence-electron chi connectivity index (χ0n) is 13.8. The Morgan fingerprint density at radius 2 is 2.00 bits per heavy atom. The number of nitrogens with one attached hydrogen (secondary N) is 1. The molecule has 2 aromatic carbocycles. The first kappa shape index (κ1) is 17.2. The van der Waals surface area contributed by atoms with E-state index in [4.69, 9.17) is 9.72 Å². The number of benzene rings is 2. The number of carbonyl (C=O) groups is 1. The maximum absolute atomic E-state index is 12.6. The molecule has 3 rings (SSSR count). The molecule has 0 radical (unpaired) electrons. The van der Waals surface area contributed by atoms with Crippen LogP contribution in [-0.4, -0.2) is 24.5 Å². The Hall–Kier alpha value is -2.66. The lowest BCUT2D eigenvalue weighted by Crippen LogP contribution is -2.23. The minimum Gasteiger partial charge on any atom is -0.497 e. The SMILES string of the molecule is C=CCNC(=O)c1cc(-c2ccc(OC)cc2)nc2ccc(Br)cc12. The quantitative estimate of drug-likeness (QED) is 0.641. The largest absolute Gasteiger partial charge is 0.497 e. The van der Waals surface area contributed by atoms with Crippen LogP contribution in [0.5, 0.6) is 5.75 Å². The van der Waals surface area contributed by atoms with Crippen molar-refractivity contribution in [2.24, 2.45) is 0 Å². The van der Waals surface area contributed by atoms with Gasteiger partial charge in [-0.2, -0.15) is 0 Å². The standard InChI is InChI=1S/C20H17BrN2O2/c1-3-10-22-20(24)17-12-19(13-4-7-15(25-2)8-5-13)23-18-9-6-14(21)11-16(17)18/h3-9,11-12H,1,10H2,2H3,(H,22,24). The molecule has 5 heteroatoms. The van der Waals surface area contributed by atoms with Crippen molar-refractivity contribution in [1.82, 2.24) is 10.3 Å². The molecular formula is C20H17BrN2O2. The van der Waals surface area contributed by atoms with Gasteiger partial charge in [0.05, 0.1) is 23.9 Å². The van der Waals surface area contributed by atoms with Gasteiger partial charge in [0.25, 0.3) is 5.91 Å². The molecular weight excluding hydrogens is 380 g/mol. The molecule has 126 valence electrons. The van der Waals surface area contributed by atoms with Crippen LogP contribution >= 0.6 is 15.9 Å². The average Bonchev–Trinajstić information content (AvgIpc) is 2.65. The predicted molar refractivity (Wildman–Crippen MR) is 104 cm³/mol. The summed E-state index contributed by atoms with van der Waals surface area (Å²) < 4.78 is 6.10. The number of amides is 1. The average molecular weight is 397 g/mol. The molecule has 0 aliphatic carbocycles. The molecule has 0 aliphatic heterocycles. The van der Waals surface area contributed by atoms with Crippen LogP contribution in [0.4, 0.5) is 0 Å². The second-order valence-corrected chi connectivity index (χ2v) is 6.36. The van der Waals surface area contributed by atoms with Gasteiger partial charge < -0.3 is 10.1 Å². The Balaban J connectivity index is 2.14. The smallest absolute Gasteiger partial charge is 0.252 e. The van der Waals surface area contributed by atoms with E-state index in [0.29, 0.717) is 12.1 Å². The molecule has 3 aromatic rings. The first-order valence-electron chi connectivity index (χ1n) is 7.76. The summed E-state index contributed by atoms with van der Waals surface area (Å²) >= 11 is 3.46. The Kier molecular flexibility index (Phi) is 5.14. The van der Waals surface area contributed by atoms with Crippen LogP contribution in [0.2, 0.25) is 0 Å². The topological polar surface area (TPSA) is 51.2 Å². The third-order valence-corrected chi connectivity index (χ3v) is 4.30. The number of aromatic nitrogens is 1.